The molecule has 0 radical (unpaired) electrons. The summed E-state index contributed by atoms with van der Waals surface area (Å²) in [6.45, 7) is 0. The van der Waals surface area contributed by atoms with Gasteiger partial charge < -0.3 is 4.74 Å². The van der Waals surface area contributed by atoms with Gasteiger partial charge in [-0.05, 0) is 37.0 Å². The third-order valence-corrected chi connectivity index (χ3v) is 4.21. The van der Waals surface area contributed by atoms with Crippen molar-refractivity contribution in [1.29, 1.82) is 0 Å². The van der Waals surface area contributed by atoms with Crippen molar-refractivity contribution in [2.45, 2.75) is 30.2 Å². The third-order valence-electron chi connectivity index (χ3n) is 3.26. The highest BCUT2D eigenvalue weighted by molar-refractivity contribution is 9.09. The number of rotatable bonds is 0. The van der Waals surface area contributed by atoms with E-state index < -0.39 is 0 Å². The summed E-state index contributed by atoms with van der Waals surface area (Å²) < 4.78 is 5.92. The number of alkyl halides is 1. The molecule has 2 aliphatic carbocycles. The van der Waals surface area contributed by atoms with Gasteiger partial charge in [0.1, 0.15) is 11.9 Å². The van der Waals surface area contributed by atoms with E-state index in [1.54, 1.807) is 0 Å². The van der Waals surface area contributed by atoms with Gasteiger partial charge in [-0.1, -0.05) is 28.1 Å². The lowest BCUT2D eigenvalue weighted by Gasteiger charge is -2.26. The van der Waals surface area contributed by atoms with Crippen molar-refractivity contribution < 1.29 is 4.74 Å². The Labute approximate surface area is 92.6 Å². The van der Waals surface area contributed by atoms with Crippen LogP contribution in [-0.2, 0) is 4.74 Å². The summed E-state index contributed by atoms with van der Waals surface area (Å²) >= 11 is 3.77. The average Bonchev–Trinajstić information content (AvgIpc) is 2.57. The van der Waals surface area contributed by atoms with E-state index in [1.807, 2.05) is 0 Å². The number of hydrogen-bond donors (Lipinski definition) is 0. The first-order valence-electron chi connectivity index (χ1n) is 5.23. The minimum absolute atomic E-state index is 0.292. The maximum atomic E-state index is 5.92. The summed E-state index contributed by atoms with van der Waals surface area (Å²) in [4.78, 5) is 0.566. The fourth-order valence-electron chi connectivity index (χ4n) is 2.60. The van der Waals surface area contributed by atoms with Crippen LogP contribution in [0.25, 0.3) is 0 Å². The second-order valence-electron chi connectivity index (χ2n) is 4.12. The van der Waals surface area contributed by atoms with Crippen LogP contribution < -0.4 is 0 Å². The molecular weight excluding hydrogens is 240 g/mol. The van der Waals surface area contributed by atoms with Crippen molar-refractivity contribution >= 4 is 15.9 Å². The Hall–Kier alpha value is -0.500. The van der Waals surface area contributed by atoms with Crippen LogP contribution in [-0.4, -0.2) is 10.9 Å². The van der Waals surface area contributed by atoms with E-state index in [-0.39, 0.29) is 0 Å². The lowest BCUT2D eigenvalue weighted by atomic mass is 9.83. The summed E-state index contributed by atoms with van der Waals surface area (Å²) in [5.74, 6) is 1.72. The van der Waals surface area contributed by atoms with Gasteiger partial charge in [-0.2, -0.15) is 0 Å². The molecule has 0 aromatic heterocycles. The van der Waals surface area contributed by atoms with Crippen molar-refractivity contribution in [3.63, 3.8) is 0 Å². The van der Waals surface area contributed by atoms with Gasteiger partial charge in [0.25, 0.3) is 0 Å². The molecule has 2 heteroatoms. The number of fused-ring (bicyclic) bond motifs is 2. The van der Waals surface area contributed by atoms with Gasteiger partial charge >= 0.3 is 0 Å². The molecule has 0 saturated heterocycles. The molecule has 1 nitrogen and oxygen atoms in total. The maximum Gasteiger partial charge on any atom is 0.125 e. The van der Waals surface area contributed by atoms with Gasteiger partial charge in [-0.15, -0.1) is 0 Å². The van der Waals surface area contributed by atoms with Crippen molar-refractivity contribution in [1.82, 2.24) is 0 Å². The van der Waals surface area contributed by atoms with E-state index in [9.17, 15) is 0 Å². The Morgan fingerprint density at radius 1 is 1.36 bits per heavy atom. The Morgan fingerprint density at radius 3 is 3.21 bits per heavy atom. The minimum atomic E-state index is 0.292. The average molecular weight is 253 g/mol. The summed E-state index contributed by atoms with van der Waals surface area (Å²) in [5.41, 5.74) is 1.53. The van der Waals surface area contributed by atoms with E-state index in [1.165, 1.54) is 18.4 Å². The summed E-state index contributed by atoms with van der Waals surface area (Å²) in [6, 6.07) is 0. The Balaban J connectivity index is 1.98. The van der Waals surface area contributed by atoms with Crippen molar-refractivity contribution in [3.05, 3.63) is 35.6 Å². The molecule has 3 rings (SSSR count). The minimum Gasteiger partial charge on any atom is -0.486 e. The molecule has 0 spiro atoms. The van der Waals surface area contributed by atoms with Gasteiger partial charge in [-0.3, -0.25) is 0 Å². The zero-order chi connectivity index (χ0) is 9.54. The summed E-state index contributed by atoms with van der Waals surface area (Å²) in [6.07, 6.45) is 12.6. The number of ether oxygens (including phenoxy) is 1. The van der Waals surface area contributed by atoms with E-state index in [2.05, 4.69) is 40.2 Å². The molecule has 14 heavy (non-hydrogen) atoms. The van der Waals surface area contributed by atoms with Crippen LogP contribution in [0.2, 0.25) is 0 Å². The quantitative estimate of drug-likeness (QED) is 0.475. The summed E-state index contributed by atoms with van der Waals surface area (Å²) in [7, 11) is 0. The molecular formula is C12H13BrO. The fourth-order valence-corrected chi connectivity index (χ4v) is 3.43. The molecule has 0 saturated carbocycles. The van der Waals surface area contributed by atoms with Crippen LogP contribution in [0.15, 0.2) is 35.6 Å². The molecule has 0 aromatic rings. The van der Waals surface area contributed by atoms with E-state index in [4.69, 9.17) is 4.74 Å². The second kappa shape index (κ2) is 3.27. The predicted octanol–water partition coefficient (Wildman–Crippen LogP) is 3.33. The molecule has 0 amide bonds. The molecule has 0 aromatic carbocycles. The van der Waals surface area contributed by atoms with Gasteiger partial charge in [0.05, 0.1) is 0 Å². The Kier molecular flexibility index (Phi) is 2.05. The smallest absolute Gasteiger partial charge is 0.125 e. The van der Waals surface area contributed by atoms with Gasteiger partial charge in [-0.25, -0.2) is 0 Å². The zero-order valence-corrected chi connectivity index (χ0v) is 9.53. The van der Waals surface area contributed by atoms with Gasteiger partial charge in [0.15, 0.2) is 0 Å². The number of halogens is 1. The van der Waals surface area contributed by atoms with Crippen LogP contribution in [0.3, 0.4) is 0 Å². The van der Waals surface area contributed by atoms with E-state index in [0.717, 1.165) is 12.2 Å². The topological polar surface area (TPSA) is 9.23 Å². The van der Waals surface area contributed by atoms with Crippen LogP contribution in [0.4, 0.5) is 0 Å². The van der Waals surface area contributed by atoms with E-state index in [0.29, 0.717) is 16.8 Å². The first-order valence-corrected chi connectivity index (χ1v) is 6.15. The lowest BCUT2D eigenvalue weighted by Crippen LogP contribution is -2.28. The monoisotopic (exact) mass is 252 g/mol. The van der Waals surface area contributed by atoms with Crippen LogP contribution in [0.1, 0.15) is 19.3 Å². The normalized spacial score (nSPS) is 39.4. The van der Waals surface area contributed by atoms with Crippen molar-refractivity contribution in [3.8, 4) is 0 Å². The first kappa shape index (κ1) is 8.78. The molecule has 1 heterocycles. The van der Waals surface area contributed by atoms with Gasteiger partial charge in [0, 0.05) is 10.7 Å². The number of allylic oxidation sites excluding steroid dienone is 3. The molecule has 3 unspecified atom stereocenters. The Bertz CT molecular complexity index is 340. The van der Waals surface area contributed by atoms with Crippen LogP contribution in [0.5, 0.6) is 0 Å². The maximum absolute atomic E-state index is 5.92. The lowest BCUT2D eigenvalue weighted by molar-refractivity contribution is 0.156. The zero-order valence-electron chi connectivity index (χ0n) is 7.95. The molecule has 0 N–H and O–H groups in total. The largest absolute Gasteiger partial charge is 0.486 e. The van der Waals surface area contributed by atoms with Crippen molar-refractivity contribution in [2.24, 2.45) is 5.92 Å². The molecule has 1 aliphatic heterocycles. The summed E-state index contributed by atoms with van der Waals surface area (Å²) in [5, 5.41) is 0. The third kappa shape index (κ3) is 1.20. The molecule has 0 fully saturated rings. The molecule has 74 valence electrons. The van der Waals surface area contributed by atoms with Crippen LogP contribution in [0, 0.1) is 5.92 Å². The van der Waals surface area contributed by atoms with Crippen LogP contribution >= 0.6 is 15.9 Å². The standard InChI is InChI=1S/C12H13BrO/c13-9-5-3-7-11-12(9)8-4-1-2-6-10(8)14-11/h2-3,6-7,9,11-12H,1,4-5H2. The highest BCUT2D eigenvalue weighted by atomic mass is 79.9. The first-order chi connectivity index (χ1) is 6.86. The second-order valence-corrected chi connectivity index (χ2v) is 5.29. The predicted molar refractivity (Wildman–Crippen MR) is 60.2 cm³/mol. The molecule has 3 atom stereocenters. The highest BCUT2D eigenvalue weighted by Gasteiger charge is 2.40. The van der Waals surface area contributed by atoms with E-state index >= 15 is 0 Å². The molecule has 3 aliphatic rings. The Morgan fingerprint density at radius 2 is 2.29 bits per heavy atom. The fraction of sp³-hybridized carbons (Fsp3) is 0.500. The number of hydrogen-bond acceptors (Lipinski definition) is 1. The van der Waals surface area contributed by atoms with Crippen molar-refractivity contribution in [2.75, 3.05) is 0 Å². The molecule has 0 bridgehead atoms. The van der Waals surface area contributed by atoms with Gasteiger partial charge in [0.2, 0.25) is 0 Å². The SMILES string of the molecule is BrC1CC=CC2OC3=C(CCC=C3)C12. The highest BCUT2D eigenvalue weighted by Crippen LogP contribution is 2.44.